The van der Waals surface area contributed by atoms with Crippen molar-refractivity contribution < 1.29 is 14.6 Å². The van der Waals surface area contributed by atoms with Gasteiger partial charge in [0, 0.05) is 17.8 Å². The summed E-state index contributed by atoms with van der Waals surface area (Å²) in [6.07, 6.45) is 2.62. The van der Waals surface area contributed by atoms with Crippen LogP contribution in [-0.2, 0) is 0 Å². The third-order valence-electron chi connectivity index (χ3n) is 3.86. The van der Waals surface area contributed by atoms with Gasteiger partial charge in [-0.2, -0.15) is 0 Å². The summed E-state index contributed by atoms with van der Waals surface area (Å²) in [6, 6.07) is 6.80. The van der Waals surface area contributed by atoms with E-state index in [4.69, 9.17) is 11.6 Å². The number of aryl methyl sites for hydroxylation is 1. The summed E-state index contributed by atoms with van der Waals surface area (Å²) in [7, 11) is 0. The Kier molecular flexibility index (Phi) is 6.16. The van der Waals surface area contributed by atoms with Gasteiger partial charge in [-0.3, -0.25) is 35.9 Å². The van der Waals surface area contributed by atoms with E-state index in [2.05, 4.69) is 31.1 Å². The van der Waals surface area contributed by atoms with Gasteiger partial charge in [0.2, 0.25) is 11.6 Å². The third kappa shape index (κ3) is 4.97. The van der Waals surface area contributed by atoms with Gasteiger partial charge < -0.3 is 5.32 Å². The van der Waals surface area contributed by atoms with Crippen molar-refractivity contribution >= 4 is 46.3 Å². The van der Waals surface area contributed by atoms with Crippen molar-refractivity contribution in [2.24, 2.45) is 0 Å². The maximum Gasteiger partial charge on any atom is 0.355 e. The molecule has 0 fully saturated rings. The van der Waals surface area contributed by atoms with Gasteiger partial charge in [0.1, 0.15) is 17.2 Å². The van der Waals surface area contributed by atoms with Crippen molar-refractivity contribution in [3.8, 4) is 0 Å². The van der Waals surface area contributed by atoms with E-state index in [0.717, 1.165) is 18.0 Å². The van der Waals surface area contributed by atoms with Crippen LogP contribution in [0, 0.1) is 27.2 Å². The molecular weight excluding hydrogens is 432 g/mol. The van der Waals surface area contributed by atoms with E-state index in [1.807, 2.05) is 6.92 Å². The van der Waals surface area contributed by atoms with Crippen LogP contribution in [0.5, 0.6) is 0 Å². The molecular formula is C17H13ClN8O5. The molecule has 2 aromatic heterocycles. The number of carbonyl (C=O) groups is 1. The highest BCUT2D eigenvalue weighted by molar-refractivity contribution is 6.32. The molecule has 1 aromatic carbocycles. The number of aromatic nitrogens is 3. The number of hydrazine groups is 1. The minimum absolute atomic E-state index is 0.0949. The molecule has 0 aliphatic carbocycles. The minimum Gasteiger partial charge on any atom is -0.319 e. The molecule has 0 saturated heterocycles. The Morgan fingerprint density at radius 3 is 2.42 bits per heavy atom. The van der Waals surface area contributed by atoms with Crippen LogP contribution in [-0.4, -0.2) is 30.7 Å². The number of nitro groups is 2. The smallest absolute Gasteiger partial charge is 0.319 e. The largest absolute Gasteiger partial charge is 0.355 e. The maximum absolute atomic E-state index is 12.3. The fourth-order valence-electron chi connectivity index (χ4n) is 2.38. The summed E-state index contributed by atoms with van der Waals surface area (Å²) in [5.41, 5.74) is 4.33. The second-order valence-corrected chi connectivity index (χ2v) is 6.43. The summed E-state index contributed by atoms with van der Waals surface area (Å²) in [4.78, 5) is 45.1. The molecule has 158 valence electrons. The molecule has 13 nitrogen and oxygen atoms in total. The van der Waals surface area contributed by atoms with Crippen LogP contribution in [0.2, 0.25) is 5.02 Å². The van der Waals surface area contributed by atoms with Gasteiger partial charge in [-0.25, -0.2) is 15.0 Å². The number of anilines is 3. The molecule has 31 heavy (non-hydrogen) atoms. The average molecular weight is 445 g/mol. The zero-order valence-corrected chi connectivity index (χ0v) is 16.5. The van der Waals surface area contributed by atoms with Gasteiger partial charge in [0.25, 0.3) is 11.6 Å². The molecule has 0 radical (unpaired) electrons. The van der Waals surface area contributed by atoms with Gasteiger partial charge in [0.15, 0.2) is 0 Å². The van der Waals surface area contributed by atoms with Crippen molar-refractivity contribution in [1.82, 2.24) is 20.4 Å². The molecule has 3 aromatic rings. The first-order chi connectivity index (χ1) is 14.8. The molecule has 0 saturated carbocycles. The number of hydrogen-bond donors (Lipinski definition) is 3. The second-order valence-electron chi connectivity index (χ2n) is 6.02. The molecule has 3 rings (SSSR count). The molecule has 14 heteroatoms. The summed E-state index contributed by atoms with van der Waals surface area (Å²) in [6.45, 7) is 1.84. The highest BCUT2D eigenvalue weighted by Gasteiger charge is 2.24. The standard InChI is InChI=1S/C17H13ClN8O5/c1-9-2-5-13(19-7-9)22-15-14(26(30)31)16(21-8-20-15)23-24-17(27)10-3-4-11(18)12(6-10)25(28)29/h2-8H,1H3,(H,24,27)(H2,19,20,21,22,23). The molecule has 0 aliphatic heterocycles. The number of benzene rings is 1. The molecule has 3 N–H and O–H groups in total. The van der Waals surface area contributed by atoms with Crippen molar-refractivity contribution in [2.45, 2.75) is 6.92 Å². The van der Waals surface area contributed by atoms with Crippen molar-refractivity contribution in [3.05, 3.63) is 79.2 Å². The molecule has 0 unspecified atom stereocenters. The topological polar surface area (TPSA) is 178 Å². The first-order valence-corrected chi connectivity index (χ1v) is 8.83. The highest BCUT2D eigenvalue weighted by Crippen LogP contribution is 2.30. The van der Waals surface area contributed by atoms with Crippen molar-refractivity contribution in [2.75, 3.05) is 10.7 Å². The first-order valence-electron chi connectivity index (χ1n) is 8.45. The minimum atomic E-state index is -0.803. The Morgan fingerprint density at radius 2 is 1.77 bits per heavy atom. The normalized spacial score (nSPS) is 10.3. The summed E-state index contributed by atoms with van der Waals surface area (Å²) < 4.78 is 0. The fourth-order valence-corrected chi connectivity index (χ4v) is 2.57. The van der Waals surface area contributed by atoms with Crippen LogP contribution in [0.1, 0.15) is 15.9 Å². The third-order valence-corrected chi connectivity index (χ3v) is 4.18. The second kappa shape index (κ2) is 8.96. The number of nitro benzene ring substituents is 1. The number of hydrogen-bond acceptors (Lipinski definition) is 10. The van der Waals surface area contributed by atoms with E-state index in [1.165, 1.54) is 12.1 Å². The number of carbonyl (C=O) groups excluding carboxylic acids is 1. The Morgan fingerprint density at radius 1 is 1.03 bits per heavy atom. The molecule has 0 aliphatic rings. The van der Waals surface area contributed by atoms with Crippen LogP contribution in [0.4, 0.5) is 28.8 Å². The van der Waals surface area contributed by atoms with Crippen molar-refractivity contribution in [3.63, 3.8) is 0 Å². The number of halogens is 1. The Bertz CT molecular complexity index is 1170. The van der Waals surface area contributed by atoms with Crippen LogP contribution in [0.25, 0.3) is 0 Å². The van der Waals surface area contributed by atoms with E-state index in [0.29, 0.717) is 5.82 Å². The Balaban J connectivity index is 1.82. The van der Waals surface area contributed by atoms with Crippen LogP contribution < -0.4 is 16.2 Å². The Hall–Kier alpha value is -4.39. The molecule has 1 amide bonds. The lowest BCUT2D eigenvalue weighted by atomic mass is 10.2. The van der Waals surface area contributed by atoms with Gasteiger partial charge >= 0.3 is 5.69 Å². The fraction of sp³-hybridized carbons (Fsp3) is 0.0588. The van der Waals surface area contributed by atoms with Gasteiger partial charge in [-0.15, -0.1) is 0 Å². The van der Waals surface area contributed by atoms with E-state index in [9.17, 15) is 25.0 Å². The number of nitrogens with zero attached hydrogens (tertiary/aromatic N) is 5. The van der Waals surface area contributed by atoms with E-state index >= 15 is 0 Å². The lowest BCUT2D eigenvalue weighted by molar-refractivity contribution is -0.384. The summed E-state index contributed by atoms with van der Waals surface area (Å²) in [5, 5.41) is 25.1. The lowest BCUT2D eigenvalue weighted by Gasteiger charge is -2.11. The summed E-state index contributed by atoms with van der Waals surface area (Å²) >= 11 is 5.72. The quantitative estimate of drug-likeness (QED) is 0.362. The maximum atomic E-state index is 12.3. The monoisotopic (exact) mass is 444 g/mol. The van der Waals surface area contributed by atoms with Gasteiger partial charge in [0.05, 0.1) is 9.85 Å². The lowest BCUT2D eigenvalue weighted by Crippen LogP contribution is -2.30. The summed E-state index contributed by atoms with van der Waals surface area (Å²) in [5.74, 6) is -0.958. The zero-order valence-electron chi connectivity index (χ0n) is 15.7. The Labute approximate surface area is 178 Å². The number of pyridine rings is 1. The van der Waals surface area contributed by atoms with E-state index < -0.39 is 27.1 Å². The van der Waals surface area contributed by atoms with E-state index in [1.54, 1.807) is 18.3 Å². The molecule has 2 heterocycles. The molecule has 0 bridgehead atoms. The number of rotatable bonds is 7. The molecule has 0 atom stereocenters. The average Bonchev–Trinajstić information content (AvgIpc) is 2.73. The van der Waals surface area contributed by atoms with Crippen molar-refractivity contribution in [1.29, 1.82) is 0 Å². The highest BCUT2D eigenvalue weighted by atomic mass is 35.5. The predicted octanol–water partition coefficient (Wildman–Crippen LogP) is 3.15. The predicted molar refractivity (Wildman–Crippen MR) is 110 cm³/mol. The van der Waals surface area contributed by atoms with Crippen LogP contribution in [0.3, 0.4) is 0 Å². The SMILES string of the molecule is Cc1ccc(Nc2ncnc(NNC(=O)c3ccc(Cl)c([N+](=O)[O-])c3)c2[N+](=O)[O-])nc1. The number of nitrogens with one attached hydrogen (secondary N) is 3. The van der Waals surface area contributed by atoms with Crippen LogP contribution >= 0.6 is 11.6 Å². The van der Waals surface area contributed by atoms with Gasteiger partial charge in [-0.1, -0.05) is 17.7 Å². The van der Waals surface area contributed by atoms with E-state index in [-0.39, 0.29) is 22.2 Å². The molecule has 0 spiro atoms. The first kappa shape index (κ1) is 21.3. The van der Waals surface area contributed by atoms with Crippen LogP contribution in [0.15, 0.2) is 42.9 Å². The zero-order chi connectivity index (χ0) is 22.5. The number of amides is 1. The van der Waals surface area contributed by atoms with Gasteiger partial charge in [-0.05, 0) is 30.7 Å².